The van der Waals surface area contributed by atoms with Gasteiger partial charge in [-0.1, -0.05) is 54.1 Å². The number of aryl methyl sites for hydroxylation is 2. The average Bonchev–Trinajstić information content (AvgIpc) is 3.20. The SMILES string of the molecule is Cc1ccc(Cn2nc(C)c(C=C(C(=O)Nc3ccccc3[N+](=O)[O-])C(=O)Nc3ccccc3[N+](=O)[O-])c2C)cc1. The monoisotopic (exact) mass is 554 g/mol. The Hall–Kier alpha value is -5.65. The van der Waals surface area contributed by atoms with Gasteiger partial charge in [-0.25, -0.2) is 0 Å². The highest BCUT2D eigenvalue weighted by Gasteiger charge is 2.25. The van der Waals surface area contributed by atoms with Gasteiger partial charge in [0.2, 0.25) is 0 Å². The molecule has 0 saturated carbocycles. The first kappa shape index (κ1) is 28.4. The van der Waals surface area contributed by atoms with E-state index in [0.717, 1.165) is 11.1 Å². The lowest BCUT2D eigenvalue weighted by molar-refractivity contribution is -0.384. The van der Waals surface area contributed by atoms with Crippen molar-refractivity contribution in [1.29, 1.82) is 0 Å². The molecule has 12 heteroatoms. The van der Waals surface area contributed by atoms with Crippen LogP contribution in [0, 0.1) is 41.0 Å². The molecule has 208 valence electrons. The number of aromatic nitrogens is 2. The van der Waals surface area contributed by atoms with Crippen LogP contribution in [-0.4, -0.2) is 31.4 Å². The number of hydrogen-bond acceptors (Lipinski definition) is 7. The third-order valence-electron chi connectivity index (χ3n) is 6.37. The summed E-state index contributed by atoms with van der Waals surface area (Å²) >= 11 is 0. The molecule has 0 atom stereocenters. The van der Waals surface area contributed by atoms with Crippen molar-refractivity contribution >= 4 is 40.6 Å². The Morgan fingerprint density at radius 1 is 0.805 bits per heavy atom. The summed E-state index contributed by atoms with van der Waals surface area (Å²) in [5.41, 5.74) is 2.41. The van der Waals surface area contributed by atoms with Crippen molar-refractivity contribution in [2.24, 2.45) is 0 Å². The maximum Gasteiger partial charge on any atom is 0.292 e. The van der Waals surface area contributed by atoms with Gasteiger partial charge in [0.05, 0.1) is 22.1 Å². The first-order valence-electron chi connectivity index (χ1n) is 12.5. The highest BCUT2D eigenvalue weighted by molar-refractivity contribution is 6.29. The second-order valence-electron chi connectivity index (χ2n) is 9.24. The third kappa shape index (κ3) is 6.50. The summed E-state index contributed by atoms with van der Waals surface area (Å²) in [5, 5.41) is 32.4. The molecule has 2 N–H and O–H groups in total. The molecular weight excluding hydrogens is 528 g/mol. The third-order valence-corrected chi connectivity index (χ3v) is 6.37. The number of hydrogen-bond donors (Lipinski definition) is 2. The summed E-state index contributed by atoms with van der Waals surface area (Å²) in [7, 11) is 0. The minimum absolute atomic E-state index is 0.115. The number of nitrogens with zero attached hydrogens (tertiary/aromatic N) is 4. The zero-order chi connectivity index (χ0) is 29.7. The minimum Gasteiger partial charge on any atom is -0.316 e. The van der Waals surface area contributed by atoms with Crippen LogP contribution in [0.15, 0.2) is 78.4 Å². The van der Waals surface area contributed by atoms with Gasteiger partial charge in [-0.05, 0) is 44.5 Å². The number of carbonyl (C=O) groups excluding carboxylic acids is 2. The number of nitro benzene ring substituents is 2. The van der Waals surface area contributed by atoms with Crippen molar-refractivity contribution in [2.45, 2.75) is 27.3 Å². The Balaban J connectivity index is 1.75. The smallest absolute Gasteiger partial charge is 0.292 e. The molecule has 0 unspecified atom stereocenters. The molecule has 12 nitrogen and oxygen atoms in total. The van der Waals surface area contributed by atoms with E-state index in [1.807, 2.05) is 31.2 Å². The molecule has 4 rings (SSSR count). The van der Waals surface area contributed by atoms with Crippen LogP contribution >= 0.6 is 0 Å². The molecule has 0 bridgehead atoms. The number of amides is 2. The Bertz CT molecular complexity index is 1620. The highest BCUT2D eigenvalue weighted by atomic mass is 16.6. The lowest BCUT2D eigenvalue weighted by Crippen LogP contribution is -2.26. The first-order valence-corrected chi connectivity index (χ1v) is 12.5. The van der Waals surface area contributed by atoms with Crippen molar-refractivity contribution in [1.82, 2.24) is 9.78 Å². The molecule has 0 saturated heterocycles. The van der Waals surface area contributed by atoms with Gasteiger partial charge in [0.1, 0.15) is 16.9 Å². The van der Waals surface area contributed by atoms with E-state index in [9.17, 15) is 29.8 Å². The fourth-order valence-corrected chi connectivity index (χ4v) is 4.17. The molecule has 0 radical (unpaired) electrons. The van der Waals surface area contributed by atoms with Crippen molar-refractivity contribution < 1.29 is 19.4 Å². The number of carbonyl (C=O) groups is 2. The summed E-state index contributed by atoms with van der Waals surface area (Å²) in [6, 6.07) is 18.9. The number of benzene rings is 3. The number of nitro groups is 2. The van der Waals surface area contributed by atoms with Gasteiger partial charge in [0.25, 0.3) is 23.2 Å². The predicted molar refractivity (Wildman–Crippen MR) is 153 cm³/mol. The average molecular weight is 555 g/mol. The van der Waals surface area contributed by atoms with E-state index in [-0.39, 0.29) is 22.7 Å². The quantitative estimate of drug-likeness (QED) is 0.0928. The Labute approximate surface area is 234 Å². The van der Waals surface area contributed by atoms with Gasteiger partial charge < -0.3 is 10.6 Å². The molecule has 4 aromatic rings. The second kappa shape index (κ2) is 12.0. The molecule has 0 aliphatic carbocycles. The zero-order valence-electron chi connectivity index (χ0n) is 22.5. The van der Waals surface area contributed by atoms with Crippen molar-refractivity contribution in [3.63, 3.8) is 0 Å². The van der Waals surface area contributed by atoms with Crippen molar-refractivity contribution in [3.05, 3.63) is 127 Å². The molecule has 1 heterocycles. The normalized spacial score (nSPS) is 10.5. The molecule has 0 aliphatic heterocycles. The van der Waals surface area contributed by atoms with Crippen molar-refractivity contribution in [2.75, 3.05) is 10.6 Å². The van der Waals surface area contributed by atoms with Crippen LogP contribution in [0.4, 0.5) is 22.7 Å². The summed E-state index contributed by atoms with van der Waals surface area (Å²) in [5.74, 6) is -1.89. The molecule has 41 heavy (non-hydrogen) atoms. The summed E-state index contributed by atoms with van der Waals surface area (Å²) in [4.78, 5) is 48.6. The van der Waals surface area contributed by atoms with Gasteiger partial charge in [0, 0.05) is 23.4 Å². The number of anilines is 2. The molecule has 3 aromatic carbocycles. The molecule has 0 spiro atoms. The molecular formula is C29H26N6O6. The van der Waals surface area contributed by atoms with E-state index in [2.05, 4.69) is 15.7 Å². The maximum atomic E-state index is 13.5. The molecule has 1 aromatic heterocycles. The van der Waals surface area contributed by atoms with E-state index in [1.165, 1.54) is 54.6 Å². The minimum atomic E-state index is -0.944. The van der Waals surface area contributed by atoms with E-state index >= 15 is 0 Å². The van der Waals surface area contributed by atoms with Crippen LogP contribution in [0.3, 0.4) is 0 Å². The van der Waals surface area contributed by atoms with Crippen LogP contribution in [0.2, 0.25) is 0 Å². The Morgan fingerprint density at radius 2 is 1.29 bits per heavy atom. The van der Waals surface area contributed by atoms with E-state index in [4.69, 9.17) is 0 Å². The fourth-order valence-electron chi connectivity index (χ4n) is 4.17. The van der Waals surface area contributed by atoms with Gasteiger partial charge in [0.15, 0.2) is 0 Å². The van der Waals surface area contributed by atoms with Crippen LogP contribution in [0.1, 0.15) is 28.1 Å². The standard InChI is InChI=1S/C29H26N6O6/c1-18-12-14-21(15-13-18)17-33-20(3)22(19(2)32-33)16-23(28(36)30-24-8-4-6-10-26(24)34(38)39)29(37)31-25-9-5-7-11-27(25)35(40)41/h4-16H,17H2,1-3H3,(H,30,36)(H,31,37). The number of rotatable bonds is 9. The van der Waals surface area contributed by atoms with Gasteiger partial charge in [-0.2, -0.15) is 5.10 Å². The number of nitrogens with one attached hydrogen (secondary N) is 2. The van der Waals surface area contributed by atoms with Gasteiger partial charge in [-0.3, -0.25) is 34.5 Å². The maximum absolute atomic E-state index is 13.5. The predicted octanol–water partition coefficient (Wildman–Crippen LogP) is 5.33. The summed E-state index contributed by atoms with van der Waals surface area (Å²) in [6.07, 6.45) is 1.33. The largest absolute Gasteiger partial charge is 0.316 e. The first-order chi connectivity index (χ1) is 19.5. The lowest BCUT2D eigenvalue weighted by Gasteiger charge is -2.11. The van der Waals surface area contributed by atoms with Gasteiger partial charge >= 0.3 is 0 Å². The lowest BCUT2D eigenvalue weighted by atomic mass is 10.1. The topological polar surface area (TPSA) is 162 Å². The van der Waals surface area contributed by atoms with Crippen LogP contribution < -0.4 is 10.6 Å². The number of para-hydroxylation sites is 4. The molecule has 0 aliphatic rings. The zero-order valence-corrected chi connectivity index (χ0v) is 22.5. The Morgan fingerprint density at radius 3 is 1.78 bits per heavy atom. The molecule has 2 amide bonds. The highest BCUT2D eigenvalue weighted by Crippen LogP contribution is 2.27. The van der Waals surface area contributed by atoms with Crippen LogP contribution in [0.5, 0.6) is 0 Å². The van der Waals surface area contributed by atoms with E-state index in [0.29, 0.717) is 23.5 Å². The van der Waals surface area contributed by atoms with Crippen LogP contribution in [-0.2, 0) is 16.1 Å². The fraction of sp³-hybridized carbons (Fsp3) is 0.138. The van der Waals surface area contributed by atoms with E-state index in [1.54, 1.807) is 18.5 Å². The second-order valence-corrected chi connectivity index (χ2v) is 9.24. The molecule has 0 fully saturated rings. The van der Waals surface area contributed by atoms with Crippen LogP contribution in [0.25, 0.3) is 6.08 Å². The summed E-state index contributed by atoms with van der Waals surface area (Å²) < 4.78 is 1.74. The summed E-state index contributed by atoms with van der Waals surface area (Å²) in [6.45, 7) is 5.95. The van der Waals surface area contributed by atoms with E-state index < -0.39 is 27.2 Å². The Kier molecular flexibility index (Phi) is 8.32. The van der Waals surface area contributed by atoms with Crippen molar-refractivity contribution in [3.8, 4) is 0 Å². The van der Waals surface area contributed by atoms with Gasteiger partial charge in [-0.15, -0.1) is 0 Å².